The summed E-state index contributed by atoms with van der Waals surface area (Å²) in [7, 11) is 4.92. The first-order chi connectivity index (χ1) is 13.7. The highest BCUT2D eigenvalue weighted by Gasteiger charge is 2.21. The number of nitrogens with zero attached hydrogens (tertiary/aromatic N) is 2. The minimum Gasteiger partial charge on any atom is -0.493 e. The van der Waals surface area contributed by atoms with Crippen molar-refractivity contribution in [3.8, 4) is 17.2 Å². The maximum atomic E-state index is 8.64. The number of hydrogen-bond acceptors (Lipinski definition) is 8. The average molecular weight is 399 g/mol. The van der Waals surface area contributed by atoms with Crippen LogP contribution in [0.4, 0.5) is 0 Å². The number of aliphatic hydroxyl groups is 1. The SMILES string of the molecule is COc1ccc(CN2CCN(CCOCCOCCO)CC2)c(OC)c1OC. The molecule has 1 heterocycles. The molecular weight excluding hydrogens is 364 g/mol. The van der Waals surface area contributed by atoms with Crippen LogP contribution in [0.3, 0.4) is 0 Å². The number of piperazine rings is 1. The molecule has 0 aliphatic carbocycles. The lowest BCUT2D eigenvalue weighted by Gasteiger charge is -2.35. The van der Waals surface area contributed by atoms with Gasteiger partial charge in [0.05, 0.1) is 54.4 Å². The maximum Gasteiger partial charge on any atom is 0.203 e. The summed E-state index contributed by atoms with van der Waals surface area (Å²) in [4.78, 5) is 4.83. The van der Waals surface area contributed by atoms with E-state index < -0.39 is 0 Å². The van der Waals surface area contributed by atoms with Crippen molar-refractivity contribution in [1.82, 2.24) is 9.80 Å². The molecule has 0 atom stereocenters. The second kappa shape index (κ2) is 12.8. The zero-order chi connectivity index (χ0) is 20.2. The molecule has 0 unspecified atom stereocenters. The Balaban J connectivity index is 1.74. The molecule has 1 fully saturated rings. The van der Waals surface area contributed by atoms with Crippen molar-refractivity contribution in [3.63, 3.8) is 0 Å². The molecule has 0 spiro atoms. The van der Waals surface area contributed by atoms with E-state index in [0.717, 1.165) is 50.6 Å². The van der Waals surface area contributed by atoms with E-state index in [-0.39, 0.29) is 6.61 Å². The zero-order valence-corrected chi connectivity index (χ0v) is 17.3. The summed E-state index contributed by atoms with van der Waals surface area (Å²) in [5.41, 5.74) is 1.10. The highest BCUT2D eigenvalue weighted by Crippen LogP contribution is 2.40. The van der Waals surface area contributed by atoms with Crippen molar-refractivity contribution < 1.29 is 28.8 Å². The Morgan fingerprint density at radius 2 is 1.43 bits per heavy atom. The van der Waals surface area contributed by atoms with Crippen LogP contribution < -0.4 is 14.2 Å². The van der Waals surface area contributed by atoms with Crippen LogP contribution in [0, 0.1) is 0 Å². The quantitative estimate of drug-likeness (QED) is 0.491. The molecule has 0 saturated carbocycles. The molecule has 0 radical (unpaired) electrons. The summed E-state index contributed by atoms with van der Waals surface area (Å²) in [5.74, 6) is 2.05. The lowest BCUT2D eigenvalue weighted by atomic mass is 10.1. The predicted octanol–water partition coefficient (Wildman–Crippen LogP) is 0.856. The van der Waals surface area contributed by atoms with Crippen molar-refractivity contribution in [1.29, 1.82) is 0 Å². The van der Waals surface area contributed by atoms with E-state index in [1.165, 1.54) is 0 Å². The monoisotopic (exact) mass is 398 g/mol. The minimum atomic E-state index is 0.0550. The number of rotatable bonds is 13. The molecule has 1 aromatic rings. The predicted molar refractivity (Wildman–Crippen MR) is 107 cm³/mol. The van der Waals surface area contributed by atoms with Crippen molar-refractivity contribution in [2.24, 2.45) is 0 Å². The number of benzene rings is 1. The van der Waals surface area contributed by atoms with E-state index in [0.29, 0.717) is 37.9 Å². The van der Waals surface area contributed by atoms with E-state index >= 15 is 0 Å². The number of aliphatic hydroxyl groups excluding tert-OH is 1. The molecule has 2 rings (SSSR count). The Labute approximate surface area is 167 Å². The standard InChI is InChI=1S/C20H34N2O6/c1-24-18-5-4-17(19(25-2)20(18)26-3)16-22-8-6-21(7-9-22)10-12-27-14-15-28-13-11-23/h4-5,23H,6-16H2,1-3H3. The Morgan fingerprint density at radius 3 is 2.04 bits per heavy atom. The third-order valence-corrected chi connectivity index (χ3v) is 4.80. The van der Waals surface area contributed by atoms with Gasteiger partial charge in [-0.1, -0.05) is 6.07 Å². The van der Waals surface area contributed by atoms with Gasteiger partial charge in [0.15, 0.2) is 11.5 Å². The van der Waals surface area contributed by atoms with Crippen LogP contribution in [0.2, 0.25) is 0 Å². The van der Waals surface area contributed by atoms with Crippen LogP contribution in [-0.2, 0) is 16.0 Å². The van der Waals surface area contributed by atoms with Crippen molar-refractivity contribution >= 4 is 0 Å². The molecule has 28 heavy (non-hydrogen) atoms. The van der Waals surface area contributed by atoms with Crippen LogP contribution in [-0.4, -0.2) is 102 Å². The zero-order valence-electron chi connectivity index (χ0n) is 17.3. The Kier molecular flexibility index (Phi) is 10.4. The highest BCUT2D eigenvalue weighted by molar-refractivity contribution is 5.55. The van der Waals surface area contributed by atoms with Crippen LogP contribution in [0.5, 0.6) is 17.2 Å². The fraction of sp³-hybridized carbons (Fsp3) is 0.700. The van der Waals surface area contributed by atoms with Gasteiger partial charge in [-0.25, -0.2) is 0 Å². The molecule has 1 aliphatic heterocycles. The van der Waals surface area contributed by atoms with Gasteiger partial charge in [0.2, 0.25) is 5.75 Å². The highest BCUT2D eigenvalue weighted by atomic mass is 16.5. The molecule has 1 aromatic carbocycles. The molecule has 160 valence electrons. The van der Waals surface area contributed by atoms with Crippen LogP contribution in [0.1, 0.15) is 5.56 Å². The van der Waals surface area contributed by atoms with E-state index in [1.54, 1.807) is 21.3 Å². The number of ether oxygens (including phenoxy) is 5. The third kappa shape index (κ3) is 6.79. The van der Waals surface area contributed by atoms with Crippen LogP contribution in [0.15, 0.2) is 12.1 Å². The minimum absolute atomic E-state index is 0.0550. The Bertz CT molecular complexity index is 564. The van der Waals surface area contributed by atoms with Crippen LogP contribution in [0.25, 0.3) is 0 Å². The molecular formula is C20H34N2O6. The fourth-order valence-electron chi connectivity index (χ4n) is 3.28. The lowest BCUT2D eigenvalue weighted by Crippen LogP contribution is -2.46. The first kappa shape index (κ1) is 22.7. The molecule has 1 aliphatic rings. The number of hydrogen-bond donors (Lipinski definition) is 1. The van der Waals surface area contributed by atoms with Gasteiger partial charge in [-0.05, 0) is 6.07 Å². The topological polar surface area (TPSA) is 72.9 Å². The normalized spacial score (nSPS) is 15.6. The van der Waals surface area contributed by atoms with Gasteiger partial charge in [0, 0.05) is 44.8 Å². The Morgan fingerprint density at radius 1 is 0.786 bits per heavy atom. The maximum absolute atomic E-state index is 8.64. The van der Waals surface area contributed by atoms with E-state index in [2.05, 4.69) is 9.80 Å². The van der Waals surface area contributed by atoms with Gasteiger partial charge >= 0.3 is 0 Å². The summed E-state index contributed by atoms with van der Waals surface area (Å²) >= 11 is 0. The summed E-state index contributed by atoms with van der Waals surface area (Å²) in [5, 5.41) is 8.64. The van der Waals surface area contributed by atoms with E-state index in [4.69, 9.17) is 28.8 Å². The summed E-state index contributed by atoms with van der Waals surface area (Å²) in [6, 6.07) is 3.97. The second-order valence-corrected chi connectivity index (χ2v) is 6.56. The summed E-state index contributed by atoms with van der Waals surface area (Å²) < 4.78 is 27.2. The van der Waals surface area contributed by atoms with Gasteiger partial charge in [-0.15, -0.1) is 0 Å². The number of methoxy groups -OCH3 is 3. The summed E-state index contributed by atoms with van der Waals surface area (Å²) in [6.45, 7) is 7.99. The first-order valence-electron chi connectivity index (χ1n) is 9.72. The first-order valence-corrected chi connectivity index (χ1v) is 9.72. The van der Waals surface area contributed by atoms with E-state index in [9.17, 15) is 0 Å². The van der Waals surface area contributed by atoms with Gasteiger partial charge in [-0.3, -0.25) is 9.80 Å². The molecule has 8 nitrogen and oxygen atoms in total. The molecule has 1 saturated heterocycles. The third-order valence-electron chi connectivity index (χ3n) is 4.80. The largest absolute Gasteiger partial charge is 0.493 e. The smallest absolute Gasteiger partial charge is 0.203 e. The molecule has 1 N–H and O–H groups in total. The van der Waals surface area contributed by atoms with Crippen molar-refractivity contribution in [2.45, 2.75) is 6.54 Å². The fourth-order valence-corrected chi connectivity index (χ4v) is 3.28. The Hall–Kier alpha value is -1.58. The van der Waals surface area contributed by atoms with Crippen molar-refractivity contribution in [3.05, 3.63) is 17.7 Å². The molecule has 0 amide bonds. The van der Waals surface area contributed by atoms with Gasteiger partial charge in [-0.2, -0.15) is 0 Å². The van der Waals surface area contributed by atoms with Crippen LogP contribution >= 0.6 is 0 Å². The van der Waals surface area contributed by atoms with Gasteiger partial charge < -0.3 is 28.8 Å². The molecule has 0 aromatic heterocycles. The van der Waals surface area contributed by atoms with Gasteiger partial charge in [0.25, 0.3) is 0 Å². The summed E-state index contributed by atoms with van der Waals surface area (Å²) in [6.07, 6.45) is 0. The van der Waals surface area contributed by atoms with E-state index in [1.807, 2.05) is 12.1 Å². The van der Waals surface area contributed by atoms with Gasteiger partial charge in [0.1, 0.15) is 0 Å². The second-order valence-electron chi connectivity index (χ2n) is 6.56. The average Bonchev–Trinajstić information content (AvgIpc) is 2.73. The molecule has 0 bridgehead atoms. The van der Waals surface area contributed by atoms with Crippen molar-refractivity contribution in [2.75, 3.05) is 87.1 Å². The lowest BCUT2D eigenvalue weighted by molar-refractivity contribution is 0.0214. The molecule has 8 heteroatoms.